The summed E-state index contributed by atoms with van der Waals surface area (Å²) in [6.45, 7) is 6.12. The molecule has 0 aliphatic carbocycles. The van der Waals surface area contributed by atoms with Crippen molar-refractivity contribution in [2.45, 2.75) is 51.2 Å². The van der Waals surface area contributed by atoms with Crippen LogP contribution in [0, 0.1) is 0 Å². The molecule has 138 valence electrons. The highest BCUT2D eigenvalue weighted by molar-refractivity contribution is 5.94. The van der Waals surface area contributed by atoms with Gasteiger partial charge in [0, 0.05) is 44.5 Å². The van der Waals surface area contributed by atoms with Gasteiger partial charge in [-0.15, -0.1) is 0 Å². The highest BCUT2D eigenvalue weighted by Gasteiger charge is 2.39. The van der Waals surface area contributed by atoms with E-state index >= 15 is 0 Å². The maximum atomic E-state index is 13.1. The minimum Gasteiger partial charge on any atom is -0.383 e. The fourth-order valence-electron chi connectivity index (χ4n) is 4.31. The molecule has 0 saturated carbocycles. The van der Waals surface area contributed by atoms with Crippen LogP contribution in [0.3, 0.4) is 0 Å². The Morgan fingerprint density at radius 1 is 1.20 bits per heavy atom. The molecular formula is C19H29N3O3. The molecule has 1 aromatic heterocycles. The van der Waals surface area contributed by atoms with E-state index in [9.17, 15) is 9.59 Å². The predicted octanol–water partition coefficient (Wildman–Crippen LogP) is 1.58. The monoisotopic (exact) mass is 347 g/mol. The first-order valence-corrected chi connectivity index (χ1v) is 9.40. The van der Waals surface area contributed by atoms with Crippen molar-refractivity contribution in [2.24, 2.45) is 0 Å². The smallest absolute Gasteiger partial charge is 0.255 e. The summed E-state index contributed by atoms with van der Waals surface area (Å²) in [6, 6.07) is 3.93. The van der Waals surface area contributed by atoms with E-state index in [-0.39, 0.29) is 11.5 Å². The van der Waals surface area contributed by atoms with E-state index in [1.165, 1.54) is 18.9 Å². The summed E-state index contributed by atoms with van der Waals surface area (Å²) < 4.78 is 6.61. The summed E-state index contributed by atoms with van der Waals surface area (Å²) in [4.78, 5) is 29.6. The SMILES string of the molecule is CCN1CCCC1C1CCCN1C(=O)c1ccc(=O)n(CCOC)c1. The Bertz CT molecular complexity index is 658. The molecule has 1 amide bonds. The van der Waals surface area contributed by atoms with Crippen molar-refractivity contribution in [3.8, 4) is 0 Å². The maximum absolute atomic E-state index is 13.1. The molecule has 6 nitrogen and oxygen atoms in total. The fourth-order valence-corrected chi connectivity index (χ4v) is 4.31. The maximum Gasteiger partial charge on any atom is 0.255 e. The highest BCUT2D eigenvalue weighted by atomic mass is 16.5. The van der Waals surface area contributed by atoms with Crippen LogP contribution in [0.15, 0.2) is 23.1 Å². The van der Waals surface area contributed by atoms with Crippen molar-refractivity contribution < 1.29 is 9.53 Å². The number of aromatic nitrogens is 1. The third-order valence-corrected chi connectivity index (χ3v) is 5.59. The molecule has 2 fully saturated rings. The first-order valence-electron chi connectivity index (χ1n) is 9.40. The fraction of sp³-hybridized carbons (Fsp3) is 0.684. The summed E-state index contributed by atoms with van der Waals surface area (Å²) in [5.41, 5.74) is 0.503. The summed E-state index contributed by atoms with van der Waals surface area (Å²) in [7, 11) is 1.61. The van der Waals surface area contributed by atoms with E-state index in [0.717, 1.165) is 32.5 Å². The van der Waals surface area contributed by atoms with E-state index in [2.05, 4.69) is 11.8 Å². The molecule has 3 heterocycles. The summed E-state index contributed by atoms with van der Waals surface area (Å²) >= 11 is 0. The number of nitrogens with zero attached hydrogens (tertiary/aromatic N) is 3. The van der Waals surface area contributed by atoms with Gasteiger partial charge >= 0.3 is 0 Å². The van der Waals surface area contributed by atoms with Gasteiger partial charge in [-0.25, -0.2) is 0 Å². The number of methoxy groups -OCH3 is 1. The molecule has 2 atom stereocenters. The van der Waals surface area contributed by atoms with Gasteiger partial charge in [-0.05, 0) is 44.8 Å². The number of rotatable bonds is 6. The Labute approximate surface area is 149 Å². The number of hydrogen-bond donors (Lipinski definition) is 0. The van der Waals surface area contributed by atoms with Crippen molar-refractivity contribution in [2.75, 3.05) is 33.4 Å². The zero-order chi connectivity index (χ0) is 17.8. The number of amides is 1. The zero-order valence-corrected chi connectivity index (χ0v) is 15.3. The molecule has 6 heteroatoms. The molecule has 2 aliphatic rings. The molecule has 0 N–H and O–H groups in total. The molecule has 0 aromatic carbocycles. The molecule has 0 spiro atoms. The highest BCUT2D eigenvalue weighted by Crippen LogP contribution is 2.30. The molecule has 0 radical (unpaired) electrons. The minimum absolute atomic E-state index is 0.0524. The van der Waals surface area contributed by atoms with E-state index in [4.69, 9.17) is 4.74 Å². The number of carbonyl (C=O) groups excluding carboxylic acids is 1. The van der Waals surface area contributed by atoms with E-state index in [1.807, 2.05) is 4.90 Å². The molecule has 3 rings (SSSR count). The van der Waals surface area contributed by atoms with Gasteiger partial charge in [-0.2, -0.15) is 0 Å². The lowest BCUT2D eigenvalue weighted by molar-refractivity contribution is 0.0648. The number of likely N-dealkylation sites (N-methyl/N-ethyl adjacent to an activating group) is 1. The normalized spacial score (nSPS) is 24.2. The quantitative estimate of drug-likeness (QED) is 0.784. The van der Waals surface area contributed by atoms with Gasteiger partial charge in [-0.1, -0.05) is 6.92 Å². The molecule has 1 aromatic rings. The second-order valence-corrected chi connectivity index (χ2v) is 6.99. The number of pyridine rings is 1. The number of likely N-dealkylation sites (tertiary alicyclic amines) is 2. The van der Waals surface area contributed by atoms with Crippen LogP contribution in [0.1, 0.15) is 43.0 Å². The van der Waals surface area contributed by atoms with Gasteiger partial charge in [-0.3, -0.25) is 14.5 Å². The molecule has 2 unspecified atom stereocenters. The first-order chi connectivity index (χ1) is 12.2. The van der Waals surface area contributed by atoms with Crippen LogP contribution in [0.2, 0.25) is 0 Å². The Balaban J connectivity index is 1.78. The lowest BCUT2D eigenvalue weighted by Gasteiger charge is -2.34. The lowest BCUT2D eigenvalue weighted by Crippen LogP contribution is -2.48. The predicted molar refractivity (Wildman–Crippen MR) is 96.9 cm³/mol. The second kappa shape index (κ2) is 8.15. The molecule has 25 heavy (non-hydrogen) atoms. The molecule has 0 bridgehead atoms. The van der Waals surface area contributed by atoms with Crippen LogP contribution in [0.25, 0.3) is 0 Å². The van der Waals surface area contributed by atoms with Crippen molar-refractivity contribution >= 4 is 5.91 Å². The van der Waals surface area contributed by atoms with Gasteiger partial charge in [0.2, 0.25) is 0 Å². The average Bonchev–Trinajstić information content (AvgIpc) is 3.28. The van der Waals surface area contributed by atoms with Crippen LogP contribution >= 0.6 is 0 Å². The topological polar surface area (TPSA) is 54.8 Å². The summed E-state index contributed by atoms with van der Waals surface area (Å²) in [5.74, 6) is 0.0524. The lowest BCUT2D eigenvalue weighted by atomic mass is 10.0. The largest absolute Gasteiger partial charge is 0.383 e. The Hall–Kier alpha value is -1.66. The number of ether oxygens (including phenoxy) is 1. The van der Waals surface area contributed by atoms with Gasteiger partial charge in [0.15, 0.2) is 0 Å². The third-order valence-electron chi connectivity index (χ3n) is 5.59. The summed E-state index contributed by atoms with van der Waals surface area (Å²) in [6.07, 6.45) is 6.23. The van der Waals surface area contributed by atoms with Crippen LogP contribution in [-0.4, -0.2) is 65.7 Å². The van der Waals surface area contributed by atoms with Gasteiger partial charge < -0.3 is 14.2 Å². The van der Waals surface area contributed by atoms with Gasteiger partial charge in [0.05, 0.1) is 12.2 Å². The molecule has 2 saturated heterocycles. The van der Waals surface area contributed by atoms with Crippen molar-refractivity contribution in [3.63, 3.8) is 0 Å². The van der Waals surface area contributed by atoms with Gasteiger partial charge in [0.25, 0.3) is 11.5 Å². The average molecular weight is 347 g/mol. The van der Waals surface area contributed by atoms with Crippen LogP contribution in [-0.2, 0) is 11.3 Å². The number of carbonyl (C=O) groups is 1. The zero-order valence-electron chi connectivity index (χ0n) is 15.3. The second-order valence-electron chi connectivity index (χ2n) is 6.99. The minimum atomic E-state index is -0.0977. The Morgan fingerprint density at radius 2 is 1.96 bits per heavy atom. The van der Waals surface area contributed by atoms with Crippen molar-refractivity contribution in [1.29, 1.82) is 0 Å². The molecule has 2 aliphatic heterocycles. The van der Waals surface area contributed by atoms with Crippen molar-refractivity contribution in [3.05, 3.63) is 34.2 Å². The Morgan fingerprint density at radius 3 is 2.72 bits per heavy atom. The first kappa shape index (κ1) is 18.1. The Kier molecular flexibility index (Phi) is 5.91. The van der Waals surface area contributed by atoms with E-state index in [1.54, 1.807) is 23.9 Å². The van der Waals surface area contributed by atoms with Crippen LogP contribution in [0.4, 0.5) is 0 Å². The number of hydrogen-bond acceptors (Lipinski definition) is 4. The summed E-state index contributed by atoms with van der Waals surface area (Å²) in [5, 5.41) is 0. The molecular weight excluding hydrogens is 318 g/mol. The van der Waals surface area contributed by atoms with E-state index in [0.29, 0.717) is 30.8 Å². The van der Waals surface area contributed by atoms with E-state index < -0.39 is 0 Å². The van der Waals surface area contributed by atoms with Crippen molar-refractivity contribution in [1.82, 2.24) is 14.4 Å². The standard InChI is InChI=1S/C19H29N3O3/c1-3-20-10-4-6-16(20)17-7-5-11-22(17)19(24)15-8-9-18(23)21(14-15)12-13-25-2/h8-9,14,16-17H,3-7,10-13H2,1-2H3. The van der Waals surface area contributed by atoms with Crippen LogP contribution < -0.4 is 5.56 Å². The van der Waals surface area contributed by atoms with Gasteiger partial charge in [0.1, 0.15) is 0 Å². The third kappa shape index (κ3) is 3.80. The van der Waals surface area contributed by atoms with Crippen LogP contribution in [0.5, 0.6) is 0 Å².